The molecule has 1 amide bonds. The molecule has 2 aromatic heterocycles. The number of hydrogen-bond acceptors (Lipinski definition) is 5. The molecule has 4 aromatic rings. The summed E-state index contributed by atoms with van der Waals surface area (Å²) in [5.74, 6) is 1.33. The molecule has 0 saturated carbocycles. The number of nitrogens with one attached hydrogen (secondary N) is 2. The second-order valence-electron chi connectivity index (χ2n) is 8.66. The monoisotopic (exact) mass is 539 g/mol. The fourth-order valence-corrected chi connectivity index (χ4v) is 5.78. The van der Waals surface area contributed by atoms with Crippen molar-refractivity contribution in [1.82, 2.24) is 9.97 Å². The molecule has 35 heavy (non-hydrogen) atoms. The summed E-state index contributed by atoms with van der Waals surface area (Å²) in [6.07, 6.45) is 0. The van der Waals surface area contributed by atoms with E-state index in [2.05, 4.69) is 25.9 Å². The van der Waals surface area contributed by atoms with Crippen molar-refractivity contribution in [2.45, 2.75) is 19.8 Å². The van der Waals surface area contributed by atoms with Gasteiger partial charge in [0, 0.05) is 51.0 Å². The van der Waals surface area contributed by atoms with Crippen molar-refractivity contribution in [3.8, 4) is 17.2 Å². The first-order valence-corrected chi connectivity index (χ1v) is 12.3. The van der Waals surface area contributed by atoms with Crippen molar-refractivity contribution in [2.75, 3.05) is 38.1 Å². The minimum absolute atomic E-state index is 0.00542. The van der Waals surface area contributed by atoms with E-state index in [0.29, 0.717) is 45.9 Å². The Morgan fingerprint density at radius 3 is 2.46 bits per heavy atom. The number of hydrogen-bond donors (Lipinski definition) is 2. The van der Waals surface area contributed by atoms with Gasteiger partial charge in [0.25, 0.3) is 5.91 Å². The lowest BCUT2D eigenvalue weighted by atomic mass is 9.95. The fourth-order valence-electron chi connectivity index (χ4n) is 5.26. The van der Waals surface area contributed by atoms with E-state index < -0.39 is 0 Å². The minimum atomic E-state index is -0.165. The summed E-state index contributed by atoms with van der Waals surface area (Å²) in [5, 5.41) is 2.34. The third-order valence-corrected chi connectivity index (χ3v) is 7.49. The van der Waals surface area contributed by atoms with E-state index in [0.717, 1.165) is 33.2 Å². The number of Topliss-reactive ketones (excluding diaryl/α,β-unsaturated/α-hetero) is 1. The predicted molar refractivity (Wildman–Crippen MR) is 139 cm³/mol. The van der Waals surface area contributed by atoms with E-state index in [1.807, 2.05) is 25.1 Å². The molecule has 1 aliphatic heterocycles. The Kier molecular flexibility index (Phi) is 5.75. The van der Waals surface area contributed by atoms with Gasteiger partial charge in [0.15, 0.2) is 17.3 Å². The van der Waals surface area contributed by atoms with Crippen LogP contribution in [0.1, 0.15) is 44.9 Å². The topological polar surface area (TPSA) is 96.7 Å². The largest absolute Gasteiger partial charge is 0.493 e. The quantitative estimate of drug-likeness (QED) is 0.255. The third kappa shape index (κ3) is 3.40. The summed E-state index contributed by atoms with van der Waals surface area (Å²) >= 11 is 3.63. The number of aromatic nitrogens is 2. The zero-order valence-corrected chi connectivity index (χ0v) is 21.8. The van der Waals surface area contributed by atoms with Gasteiger partial charge in [0.1, 0.15) is 5.69 Å². The Bertz CT molecular complexity index is 1500. The summed E-state index contributed by atoms with van der Waals surface area (Å²) in [5.41, 5.74) is 5.33. The van der Waals surface area contributed by atoms with Gasteiger partial charge >= 0.3 is 0 Å². The summed E-state index contributed by atoms with van der Waals surface area (Å²) < 4.78 is 16.5. The Morgan fingerprint density at radius 2 is 1.83 bits per heavy atom. The highest BCUT2D eigenvalue weighted by Crippen LogP contribution is 2.46. The number of ether oxygens (including phenoxy) is 3. The molecule has 0 bridgehead atoms. The minimum Gasteiger partial charge on any atom is -0.493 e. The standard InChI is InChI=1S/C26H26BrN3O5/c1-12-20(13(2)31)22-16(28-12)6-7-18-21(22)15(10-27)11-30(18)26(32)17-8-14-9-19(33-3)24(34-4)25(35-5)23(14)29-17/h6-9,15,28-29H,10-11H2,1-5H3. The molecule has 0 saturated heterocycles. The fraction of sp³-hybridized carbons (Fsp3) is 0.308. The molecule has 0 radical (unpaired) electrons. The molecule has 0 fully saturated rings. The summed E-state index contributed by atoms with van der Waals surface area (Å²) in [7, 11) is 4.65. The van der Waals surface area contributed by atoms with E-state index in [4.69, 9.17) is 14.2 Å². The molecule has 8 nitrogen and oxygen atoms in total. The van der Waals surface area contributed by atoms with Gasteiger partial charge in [-0.3, -0.25) is 9.59 Å². The molecule has 0 spiro atoms. The number of anilines is 1. The first-order chi connectivity index (χ1) is 16.8. The van der Waals surface area contributed by atoms with Crippen LogP contribution in [0.2, 0.25) is 0 Å². The van der Waals surface area contributed by atoms with Crippen molar-refractivity contribution in [2.24, 2.45) is 0 Å². The van der Waals surface area contributed by atoms with Gasteiger partial charge in [-0.25, -0.2) is 0 Å². The maximum Gasteiger partial charge on any atom is 0.274 e. The van der Waals surface area contributed by atoms with Crippen molar-refractivity contribution in [3.05, 3.63) is 46.8 Å². The number of amides is 1. The van der Waals surface area contributed by atoms with Crippen LogP contribution in [-0.2, 0) is 0 Å². The molecule has 182 valence electrons. The van der Waals surface area contributed by atoms with Gasteiger partial charge in [-0.2, -0.15) is 0 Å². The van der Waals surface area contributed by atoms with Crippen LogP contribution in [0, 0.1) is 6.92 Å². The van der Waals surface area contributed by atoms with Gasteiger partial charge < -0.3 is 29.1 Å². The lowest BCUT2D eigenvalue weighted by Gasteiger charge is -2.17. The second kappa shape index (κ2) is 8.64. The Balaban J connectivity index is 1.65. The van der Waals surface area contributed by atoms with Crippen LogP contribution in [0.25, 0.3) is 21.8 Å². The molecule has 1 atom stereocenters. The number of aromatic amines is 2. The summed E-state index contributed by atoms with van der Waals surface area (Å²) in [6, 6.07) is 7.50. The van der Waals surface area contributed by atoms with E-state index in [1.54, 1.807) is 39.2 Å². The number of carbonyl (C=O) groups is 2. The Hall–Kier alpha value is -3.46. The average Bonchev–Trinajstić information content (AvgIpc) is 3.53. The van der Waals surface area contributed by atoms with Crippen LogP contribution < -0.4 is 19.1 Å². The Morgan fingerprint density at radius 1 is 1.09 bits per heavy atom. The summed E-state index contributed by atoms with van der Waals surface area (Å²) in [6.45, 7) is 3.99. The van der Waals surface area contributed by atoms with E-state index in [1.165, 1.54) is 0 Å². The highest BCUT2D eigenvalue weighted by Gasteiger charge is 2.36. The number of fused-ring (bicyclic) bond motifs is 4. The molecule has 2 aromatic carbocycles. The lowest BCUT2D eigenvalue weighted by Crippen LogP contribution is -2.30. The number of benzene rings is 2. The van der Waals surface area contributed by atoms with Crippen LogP contribution in [0.3, 0.4) is 0 Å². The van der Waals surface area contributed by atoms with Gasteiger partial charge in [0.2, 0.25) is 5.75 Å². The zero-order valence-electron chi connectivity index (χ0n) is 20.2. The maximum absolute atomic E-state index is 13.8. The molecule has 1 unspecified atom stereocenters. The van der Waals surface area contributed by atoms with Gasteiger partial charge in [-0.05, 0) is 43.7 Å². The van der Waals surface area contributed by atoms with Crippen LogP contribution in [0.5, 0.6) is 17.2 Å². The molecule has 9 heteroatoms. The van der Waals surface area contributed by atoms with E-state index in [9.17, 15) is 9.59 Å². The van der Waals surface area contributed by atoms with Crippen molar-refractivity contribution >= 4 is 55.1 Å². The SMILES string of the molecule is COc1cc2cc(C(=O)N3CC(CBr)c4c3ccc3[nH]c(C)c(C(C)=O)c43)[nH]c2c(OC)c1OC. The number of rotatable bonds is 6. The highest BCUT2D eigenvalue weighted by atomic mass is 79.9. The first-order valence-electron chi connectivity index (χ1n) is 11.2. The highest BCUT2D eigenvalue weighted by molar-refractivity contribution is 9.09. The molecule has 2 N–H and O–H groups in total. The van der Waals surface area contributed by atoms with Crippen LogP contribution in [0.15, 0.2) is 24.3 Å². The number of alkyl halides is 1. The second-order valence-corrected chi connectivity index (χ2v) is 9.31. The van der Waals surface area contributed by atoms with Gasteiger partial charge in [0.05, 0.1) is 26.8 Å². The van der Waals surface area contributed by atoms with Crippen molar-refractivity contribution in [1.29, 1.82) is 0 Å². The molecule has 3 heterocycles. The maximum atomic E-state index is 13.8. The zero-order chi connectivity index (χ0) is 25.0. The van der Waals surface area contributed by atoms with E-state index >= 15 is 0 Å². The number of halogens is 1. The van der Waals surface area contributed by atoms with Crippen molar-refractivity contribution in [3.63, 3.8) is 0 Å². The van der Waals surface area contributed by atoms with Crippen LogP contribution in [-0.4, -0.2) is 54.9 Å². The van der Waals surface area contributed by atoms with Crippen molar-refractivity contribution < 1.29 is 23.8 Å². The number of nitrogens with zero attached hydrogens (tertiary/aromatic N) is 1. The molecule has 1 aliphatic rings. The lowest BCUT2D eigenvalue weighted by molar-refractivity contribution is 0.0982. The predicted octanol–water partition coefficient (Wildman–Crippen LogP) is 5.32. The molecule has 0 aliphatic carbocycles. The number of H-pyrrole nitrogens is 2. The van der Waals surface area contributed by atoms with Crippen LogP contribution >= 0.6 is 15.9 Å². The first kappa shape index (κ1) is 23.3. The van der Waals surface area contributed by atoms with Gasteiger partial charge in [-0.15, -0.1) is 0 Å². The number of ketones is 1. The smallest absolute Gasteiger partial charge is 0.274 e. The summed E-state index contributed by atoms with van der Waals surface area (Å²) in [4.78, 5) is 34.6. The van der Waals surface area contributed by atoms with Crippen LogP contribution in [0.4, 0.5) is 5.69 Å². The molecular formula is C26H26BrN3O5. The Labute approximate surface area is 210 Å². The molecule has 5 rings (SSSR count). The average molecular weight is 540 g/mol. The normalized spacial score (nSPS) is 15.0. The van der Waals surface area contributed by atoms with Gasteiger partial charge in [-0.1, -0.05) is 15.9 Å². The number of aryl methyl sites for hydroxylation is 1. The number of carbonyl (C=O) groups excluding carboxylic acids is 2. The third-order valence-electron chi connectivity index (χ3n) is 6.71. The molecular weight excluding hydrogens is 514 g/mol. The van der Waals surface area contributed by atoms with E-state index in [-0.39, 0.29) is 17.6 Å². The number of methoxy groups -OCH3 is 3.